The van der Waals surface area contributed by atoms with Crippen LogP contribution in [0.4, 0.5) is 5.82 Å². The molecule has 1 unspecified atom stereocenters. The van der Waals surface area contributed by atoms with E-state index in [1.54, 1.807) is 18.3 Å². The summed E-state index contributed by atoms with van der Waals surface area (Å²) in [6.07, 6.45) is 2.43. The van der Waals surface area contributed by atoms with Gasteiger partial charge in [-0.15, -0.1) is 24.8 Å². The van der Waals surface area contributed by atoms with Crippen LogP contribution in [0.2, 0.25) is 0 Å². The molecule has 1 atom stereocenters. The zero-order chi connectivity index (χ0) is 13.5. The van der Waals surface area contributed by atoms with Gasteiger partial charge in [-0.25, -0.2) is 4.98 Å². The smallest absolute Gasteiger partial charge is 0.255 e. The van der Waals surface area contributed by atoms with Crippen LogP contribution in [-0.2, 0) is 0 Å². The van der Waals surface area contributed by atoms with E-state index >= 15 is 0 Å². The molecule has 0 spiro atoms. The lowest BCUT2D eigenvalue weighted by Gasteiger charge is -2.13. The molecule has 0 aromatic carbocycles. The quantitative estimate of drug-likeness (QED) is 0.750. The molecule has 1 aromatic heterocycles. The first kappa shape index (κ1) is 21.3. The van der Waals surface area contributed by atoms with Crippen molar-refractivity contribution < 1.29 is 4.79 Å². The molecular weight excluding hydrogens is 299 g/mol. The van der Waals surface area contributed by atoms with Crippen LogP contribution in [0.3, 0.4) is 0 Å². The monoisotopic (exact) mass is 322 g/mol. The number of halogens is 2. The molecule has 0 saturated heterocycles. The van der Waals surface area contributed by atoms with E-state index in [1.807, 2.05) is 20.8 Å². The Hall–Kier alpha value is -1.04. The topological polar surface area (TPSA) is 80.0 Å². The minimum absolute atomic E-state index is 0. The van der Waals surface area contributed by atoms with Gasteiger partial charge in [0.05, 0.1) is 5.56 Å². The largest absolute Gasteiger partial charge is 0.367 e. The van der Waals surface area contributed by atoms with Crippen molar-refractivity contribution in [2.24, 2.45) is 5.73 Å². The van der Waals surface area contributed by atoms with Gasteiger partial charge in [-0.1, -0.05) is 0 Å². The second-order valence-corrected chi connectivity index (χ2v) is 4.72. The Morgan fingerprint density at radius 1 is 1.35 bits per heavy atom. The molecule has 0 fully saturated rings. The van der Waals surface area contributed by atoms with E-state index in [1.165, 1.54) is 0 Å². The highest BCUT2D eigenvalue weighted by atomic mass is 35.5. The number of nitrogens with two attached hydrogens (primary N) is 1. The third-order valence-electron chi connectivity index (χ3n) is 2.36. The van der Waals surface area contributed by atoms with Crippen molar-refractivity contribution in [1.29, 1.82) is 0 Å². The summed E-state index contributed by atoms with van der Waals surface area (Å²) >= 11 is 0. The summed E-state index contributed by atoms with van der Waals surface area (Å²) in [5, 5.41) is 6.00. The van der Waals surface area contributed by atoms with Crippen molar-refractivity contribution in [3.63, 3.8) is 0 Å². The van der Waals surface area contributed by atoms with Crippen molar-refractivity contribution in [2.45, 2.75) is 39.3 Å². The molecule has 7 heteroatoms. The average Bonchev–Trinajstić information content (AvgIpc) is 2.28. The molecule has 0 aliphatic heterocycles. The molecule has 1 heterocycles. The molecule has 5 nitrogen and oxygen atoms in total. The first-order valence-electron chi connectivity index (χ1n) is 6.26. The second-order valence-electron chi connectivity index (χ2n) is 4.72. The van der Waals surface area contributed by atoms with E-state index in [0.717, 1.165) is 6.42 Å². The summed E-state index contributed by atoms with van der Waals surface area (Å²) in [4.78, 5) is 16.2. The number of pyridine rings is 1. The number of rotatable bonds is 6. The molecule has 0 saturated carbocycles. The highest BCUT2D eigenvalue weighted by molar-refractivity contribution is 5.98. The van der Waals surface area contributed by atoms with Gasteiger partial charge in [-0.3, -0.25) is 4.79 Å². The number of aromatic nitrogens is 1. The maximum Gasteiger partial charge on any atom is 0.255 e. The predicted octanol–water partition coefficient (Wildman–Crippen LogP) is 2.21. The lowest BCUT2D eigenvalue weighted by Crippen LogP contribution is -2.30. The second kappa shape index (κ2) is 10.7. The first-order valence-corrected chi connectivity index (χ1v) is 6.26. The van der Waals surface area contributed by atoms with Crippen molar-refractivity contribution in [2.75, 3.05) is 11.9 Å². The van der Waals surface area contributed by atoms with Gasteiger partial charge in [-0.05, 0) is 39.3 Å². The Balaban J connectivity index is 0. The van der Waals surface area contributed by atoms with Gasteiger partial charge in [0.25, 0.3) is 5.91 Å². The van der Waals surface area contributed by atoms with Crippen LogP contribution in [0.25, 0.3) is 0 Å². The Morgan fingerprint density at radius 3 is 2.55 bits per heavy atom. The van der Waals surface area contributed by atoms with Crippen molar-refractivity contribution >= 4 is 36.5 Å². The average molecular weight is 323 g/mol. The van der Waals surface area contributed by atoms with E-state index in [0.29, 0.717) is 17.9 Å². The summed E-state index contributed by atoms with van der Waals surface area (Å²) in [5.41, 5.74) is 6.20. The highest BCUT2D eigenvalue weighted by Gasteiger charge is 2.12. The van der Waals surface area contributed by atoms with Gasteiger partial charge in [0.1, 0.15) is 5.82 Å². The van der Waals surface area contributed by atoms with Gasteiger partial charge in [0.15, 0.2) is 0 Å². The molecule has 4 N–H and O–H groups in total. The number of carbonyl (C=O) groups excluding carboxylic acids is 1. The fraction of sp³-hybridized carbons (Fsp3) is 0.538. The van der Waals surface area contributed by atoms with Gasteiger partial charge >= 0.3 is 0 Å². The highest BCUT2D eigenvalue weighted by Crippen LogP contribution is 2.12. The maximum atomic E-state index is 12.0. The first-order chi connectivity index (χ1) is 8.50. The summed E-state index contributed by atoms with van der Waals surface area (Å²) in [7, 11) is 0. The van der Waals surface area contributed by atoms with Crippen molar-refractivity contribution in [3.05, 3.63) is 23.9 Å². The lowest BCUT2D eigenvalue weighted by molar-refractivity contribution is 0.0953. The van der Waals surface area contributed by atoms with Crippen LogP contribution in [0, 0.1) is 0 Å². The summed E-state index contributed by atoms with van der Waals surface area (Å²) in [6, 6.07) is 3.84. The molecular formula is C13H24Cl2N4O. The Morgan fingerprint density at radius 2 is 2.00 bits per heavy atom. The van der Waals surface area contributed by atoms with Gasteiger partial charge in [0, 0.05) is 24.8 Å². The standard InChI is InChI=1S/C13H22N4O.2ClH/c1-9(2)17-12-11(5-4-7-15-12)13(18)16-8-6-10(3)14;;/h4-5,7,9-10H,6,8,14H2,1-3H3,(H,15,17)(H,16,18);2*1H. The predicted molar refractivity (Wildman–Crippen MR) is 88.1 cm³/mol. The molecule has 116 valence electrons. The Bertz CT molecular complexity index is 400. The summed E-state index contributed by atoms with van der Waals surface area (Å²) in [5.74, 6) is 0.498. The van der Waals surface area contributed by atoms with E-state index in [4.69, 9.17) is 5.73 Å². The number of amides is 1. The number of carbonyl (C=O) groups is 1. The number of hydrogen-bond donors (Lipinski definition) is 3. The molecule has 0 bridgehead atoms. The zero-order valence-electron chi connectivity index (χ0n) is 12.1. The fourth-order valence-electron chi connectivity index (χ4n) is 1.49. The van der Waals surface area contributed by atoms with Crippen LogP contribution in [0.1, 0.15) is 37.6 Å². The summed E-state index contributed by atoms with van der Waals surface area (Å²) in [6.45, 7) is 6.51. The normalized spacial score (nSPS) is 11.1. The number of anilines is 1. The third-order valence-corrected chi connectivity index (χ3v) is 2.36. The SMILES string of the molecule is CC(N)CCNC(=O)c1cccnc1NC(C)C.Cl.Cl. The van der Waals surface area contributed by atoms with E-state index in [9.17, 15) is 4.79 Å². The maximum absolute atomic E-state index is 12.0. The molecule has 0 aliphatic rings. The van der Waals surface area contributed by atoms with Crippen LogP contribution in [0.5, 0.6) is 0 Å². The molecule has 1 aromatic rings. The van der Waals surface area contributed by atoms with Crippen molar-refractivity contribution in [1.82, 2.24) is 10.3 Å². The van der Waals surface area contributed by atoms with Crippen LogP contribution >= 0.6 is 24.8 Å². The van der Waals surface area contributed by atoms with Crippen LogP contribution in [0.15, 0.2) is 18.3 Å². The Kier molecular flexibility index (Phi) is 11.4. The van der Waals surface area contributed by atoms with E-state index < -0.39 is 0 Å². The van der Waals surface area contributed by atoms with Crippen LogP contribution < -0.4 is 16.4 Å². The van der Waals surface area contributed by atoms with E-state index in [-0.39, 0.29) is 42.8 Å². The molecule has 1 amide bonds. The van der Waals surface area contributed by atoms with Crippen molar-refractivity contribution in [3.8, 4) is 0 Å². The molecule has 0 radical (unpaired) electrons. The van der Waals surface area contributed by atoms with Gasteiger partial charge < -0.3 is 16.4 Å². The molecule has 1 rings (SSSR count). The molecule has 20 heavy (non-hydrogen) atoms. The number of nitrogens with zero attached hydrogens (tertiary/aromatic N) is 1. The number of nitrogens with one attached hydrogen (secondary N) is 2. The minimum Gasteiger partial charge on any atom is -0.367 e. The van der Waals surface area contributed by atoms with Gasteiger partial charge in [-0.2, -0.15) is 0 Å². The lowest BCUT2D eigenvalue weighted by atomic mass is 10.2. The molecule has 0 aliphatic carbocycles. The van der Waals surface area contributed by atoms with Gasteiger partial charge in [0.2, 0.25) is 0 Å². The van der Waals surface area contributed by atoms with E-state index in [2.05, 4.69) is 15.6 Å². The zero-order valence-corrected chi connectivity index (χ0v) is 13.7. The fourth-order valence-corrected chi connectivity index (χ4v) is 1.49. The number of hydrogen-bond acceptors (Lipinski definition) is 4. The summed E-state index contributed by atoms with van der Waals surface area (Å²) < 4.78 is 0. The van der Waals surface area contributed by atoms with Crippen LogP contribution in [-0.4, -0.2) is 29.5 Å². The third kappa shape index (κ3) is 7.53. The Labute approximate surface area is 132 Å². The minimum atomic E-state index is -0.119.